The number of nitrogens with zero attached hydrogens (tertiary/aromatic N) is 3. The number of rotatable bonds is 10. The van der Waals surface area contributed by atoms with Crippen LogP contribution in [0.4, 0.5) is 0 Å². The summed E-state index contributed by atoms with van der Waals surface area (Å²) in [5.74, 6) is 3.86. The van der Waals surface area contributed by atoms with E-state index in [-0.39, 0.29) is 24.0 Å². The van der Waals surface area contributed by atoms with Crippen LogP contribution in [0.1, 0.15) is 25.3 Å². The molecule has 1 heterocycles. The minimum Gasteiger partial charge on any atom is -0.493 e. The van der Waals surface area contributed by atoms with E-state index in [2.05, 4.69) is 40.4 Å². The highest BCUT2D eigenvalue weighted by atomic mass is 127. The van der Waals surface area contributed by atoms with E-state index < -0.39 is 0 Å². The van der Waals surface area contributed by atoms with Gasteiger partial charge in [0.05, 0.1) is 14.2 Å². The summed E-state index contributed by atoms with van der Waals surface area (Å²) < 4.78 is 10.8. The fraction of sp³-hybridized carbons (Fsp3) is 0.667. The van der Waals surface area contributed by atoms with Crippen molar-refractivity contribution >= 4 is 41.7 Å². The standard InChI is InChI=1S/C21H36N4O2S.HI/c1-5-22-21(23-10-6-7-15-28-4)25-13-11-24(12-14-25)17-18-8-9-19(26-2)20(16-18)27-3;/h8-9,16H,5-7,10-15,17H2,1-4H3,(H,22,23);1H. The molecule has 0 unspecified atom stereocenters. The van der Waals surface area contributed by atoms with Gasteiger partial charge in [0.1, 0.15) is 0 Å². The highest BCUT2D eigenvalue weighted by molar-refractivity contribution is 14.0. The average Bonchev–Trinajstić information content (AvgIpc) is 2.73. The Hall–Kier alpha value is -0.870. The van der Waals surface area contributed by atoms with E-state index in [9.17, 15) is 0 Å². The van der Waals surface area contributed by atoms with Gasteiger partial charge in [0, 0.05) is 45.8 Å². The van der Waals surface area contributed by atoms with Gasteiger partial charge in [0.2, 0.25) is 0 Å². The molecule has 2 rings (SSSR count). The van der Waals surface area contributed by atoms with Gasteiger partial charge in [-0.1, -0.05) is 6.07 Å². The van der Waals surface area contributed by atoms with Crippen molar-refractivity contribution in [2.45, 2.75) is 26.3 Å². The molecule has 8 heteroatoms. The van der Waals surface area contributed by atoms with Crippen LogP contribution >= 0.6 is 35.7 Å². The first-order valence-electron chi connectivity index (χ1n) is 10.2. The lowest BCUT2D eigenvalue weighted by molar-refractivity contribution is 0.172. The number of piperazine rings is 1. The lowest BCUT2D eigenvalue weighted by atomic mass is 10.1. The Kier molecular flexibility index (Phi) is 13.5. The van der Waals surface area contributed by atoms with E-state index in [1.807, 2.05) is 17.8 Å². The number of hydrogen-bond donors (Lipinski definition) is 1. The molecule has 1 aromatic rings. The molecule has 0 radical (unpaired) electrons. The topological polar surface area (TPSA) is 49.3 Å². The number of methoxy groups -OCH3 is 2. The Morgan fingerprint density at radius 2 is 1.83 bits per heavy atom. The first-order valence-corrected chi connectivity index (χ1v) is 11.6. The lowest BCUT2D eigenvalue weighted by Gasteiger charge is -2.36. The molecule has 0 aliphatic carbocycles. The third-order valence-corrected chi connectivity index (χ3v) is 5.58. The largest absolute Gasteiger partial charge is 0.493 e. The number of thioether (sulfide) groups is 1. The van der Waals surface area contributed by atoms with Crippen LogP contribution in [0.25, 0.3) is 0 Å². The first-order chi connectivity index (χ1) is 13.7. The van der Waals surface area contributed by atoms with Crippen molar-refractivity contribution < 1.29 is 9.47 Å². The molecule has 1 aliphatic heterocycles. The monoisotopic (exact) mass is 536 g/mol. The van der Waals surface area contributed by atoms with Gasteiger partial charge >= 0.3 is 0 Å². The van der Waals surface area contributed by atoms with E-state index in [0.717, 1.165) is 69.7 Å². The van der Waals surface area contributed by atoms with Crippen LogP contribution in [0.15, 0.2) is 23.2 Å². The number of unbranched alkanes of at least 4 members (excludes halogenated alkanes) is 1. The minimum atomic E-state index is 0. The Balaban J connectivity index is 0.00000420. The van der Waals surface area contributed by atoms with Gasteiger partial charge < -0.3 is 19.7 Å². The number of aliphatic imine (C=N–C) groups is 1. The van der Waals surface area contributed by atoms with Gasteiger partial charge in [-0.25, -0.2) is 0 Å². The summed E-state index contributed by atoms with van der Waals surface area (Å²) in [5, 5.41) is 3.46. The van der Waals surface area contributed by atoms with Crippen molar-refractivity contribution in [1.29, 1.82) is 0 Å². The van der Waals surface area contributed by atoms with Crippen molar-refractivity contribution in [3.8, 4) is 11.5 Å². The molecule has 1 aromatic carbocycles. The lowest BCUT2D eigenvalue weighted by Crippen LogP contribution is -2.52. The van der Waals surface area contributed by atoms with Gasteiger partial charge in [-0.15, -0.1) is 24.0 Å². The summed E-state index contributed by atoms with van der Waals surface area (Å²) in [7, 11) is 3.35. The van der Waals surface area contributed by atoms with Crippen LogP contribution in [0, 0.1) is 0 Å². The number of benzene rings is 1. The first kappa shape index (κ1) is 26.2. The molecule has 0 aromatic heterocycles. The SMILES string of the molecule is CCNC(=NCCCCSC)N1CCN(Cc2ccc(OC)c(OC)c2)CC1.I. The van der Waals surface area contributed by atoms with Crippen LogP contribution < -0.4 is 14.8 Å². The van der Waals surface area contributed by atoms with Gasteiger partial charge in [0.15, 0.2) is 17.5 Å². The third-order valence-electron chi connectivity index (χ3n) is 4.88. The summed E-state index contributed by atoms with van der Waals surface area (Å²) in [4.78, 5) is 9.71. The highest BCUT2D eigenvalue weighted by Gasteiger charge is 2.20. The van der Waals surface area contributed by atoms with Gasteiger partial charge in [-0.05, 0) is 49.5 Å². The zero-order valence-corrected chi connectivity index (χ0v) is 21.4. The Labute approximate surface area is 197 Å². The molecule has 166 valence electrons. The van der Waals surface area contributed by atoms with Crippen molar-refractivity contribution in [2.75, 3.05) is 65.5 Å². The summed E-state index contributed by atoms with van der Waals surface area (Å²) >= 11 is 1.91. The van der Waals surface area contributed by atoms with Crippen LogP contribution in [-0.2, 0) is 6.54 Å². The number of halogens is 1. The van der Waals surface area contributed by atoms with Gasteiger partial charge in [-0.3, -0.25) is 9.89 Å². The molecule has 6 nitrogen and oxygen atoms in total. The second-order valence-electron chi connectivity index (χ2n) is 6.89. The predicted octanol–water partition coefficient (Wildman–Crippen LogP) is 3.55. The summed E-state index contributed by atoms with van der Waals surface area (Å²) in [6.45, 7) is 8.96. The normalized spacial score (nSPS) is 15.0. The van der Waals surface area contributed by atoms with Crippen molar-refractivity contribution in [1.82, 2.24) is 15.1 Å². The van der Waals surface area contributed by atoms with E-state index >= 15 is 0 Å². The quantitative estimate of drug-likeness (QED) is 0.214. The molecule has 1 aliphatic rings. The minimum absolute atomic E-state index is 0. The van der Waals surface area contributed by atoms with Crippen molar-refractivity contribution in [3.05, 3.63) is 23.8 Å². The van der Waals surface area contributed by atoms with Crippen LogP contribution in [0.5, 0.6) is 11.5 Å². The molecular weight excluding hydrogens is 499 g/mol. The summed E-state index contributed by atoms with van der Waals surface area (Å²) in [6.07, 6.45) is 4.56. The number of hydrogen-bond acceptors (Lipinski definition) is 5. The molecule has 0 amide bonds. The van der Waals surface area contributed by atoms with Crippen LogP contribution in [0.2, 0.25) is 0 Å². The molecule has 1 saturated heterocycles. The molecule has 1 N–H and O–H groups in total. The second-order valence-corrected chi connectivity index (χ2v) is 7.87. The molecule has 0 bridgehead atoms. The Morgan fingerprint density at radius 3 is 2.45 bits per heavy atom. The molecule has 1 fully saturated rings. The zero-order valence-electron chi connectivity index (χ0n) is 18.3. The maximum absolute atomic E-state index is 5.43. The van der Waals surface area contributed by atoms with E-state index in [1.165, 1.54) is 17.7 Å². The maximum atomic E-state index is 5.43. The number of guanidine groups is 1. The fourth-order valence-corrected chi connectivity index (χ4v) is 3.82. The summed E-state index contributed by atoms with van der Waals surface area (Å²) in [6, 6.07) is 6.18. The molecule has 0 saturated carbocycles. The summed E-state index contributed by atoms with van der Waals surface area (Å²) in [5.41, 5.74) is 1.25. The predicted molar refractivity (Wildman–Crippen MR) is 135 cm³/mol. The maximum Gasteiger partial charge on any atom is 0.194 e. The van der Waals surface area contributed by atoms with Gasteiger partial charge in [-0.2, -0.15) is 11.8 Å². The average molecular weight is 537 g/mol. The molecular formula is C21H37IN4O2S. The molecule has 0 atom stereocenters. The molecule has 0 spiro atoms. The highest BCUT2D eigenvalue weighted by Crippen LogP contribution is 2.28. The third kappa shape index (κ3) is 8.80. The second kappa shape index (κ2) is 15.0. The van der Waals surface area contributed by atoms with E-state index in [4.69, 9.17) is 14.5 Å². The van der Waals surface area contributed by atoms with Crippen molar-refractivity contribution in [2.24, 2.45) is 4.99 Å². The number of ether oxygens (including phenoxy) is 2. The van der Waals surface area contributed by atoms with E-state index in [1.54, 1.807) is 14.2 Å². The zero-order chi connectivity index (χ0) is 20.2. The smallest absolute Gasteiger partial charge is 0.194 e. The van der Waals surface area contributed by atoms with Crippen molar-refractivity contribution in [3.63, 3.8) is 0 Å². The molecule has 29 heavy (non-hydrogen) atoms. The Bertz CT molecular complexity index is 610. The van der Waals surface area contributed by atoms with E-state index in [0.29, 0.717) is 0 Å². The Morgan fingerprint density at radius 1 is 1.10 bits per heavy atom. The van der Waals surface area contributed by atoms with Crippen LogP contribution in [-0.4, -0.2) is 81.3 Å². The fourth-order valence-electron chi connectivity index (χ4n) is 3.32. The number of nitrogens with one attached hydrogen (secondary N) is 1. The van der Waals surface area contributed by atoms with Crippen LogP contribution in [0.3, 0.4) is 0 Å². The van der Waals surface area contributed by atoms with Gasteiger partial charge in [0.25, 0.3) is 0 Å².